The van der Waals surface area contributed by atoms with E-state index in [1.54, 1.807) is 18.2 Å². The van der Waals surface area contributed by atoms with Gasteiger partial charge < -0.3 is 94.4 Å². The molecule has 2 aromatic rings. The molecular formula is C48H76N22O9S. The fraction of sp³-hybridized carbons (Fsp3) is 0.479. The van der Waals surface area contributed by atoms with E-state index in [0.717, 1.165) is 22.5 Å². The number of hydrogen-bond donors (Lipinski definition) is 17. The molecule has 8 amide bonds. The number of imide groups is 1. The number of benzene rings is 2. The number of nitrogens with two attached hydrogens (primary N) is 11. The lowest BCUT2D eigenvalue weighted by atomic mass is 10.0. The van der Waals surface area contributed by atoms with Crippen LogP contribution in [0.2, 0.25) is 0 Å². The van der Waals surface area contributed by atoms with Gasteiger partial charge in [-0.2, -0.15) is 0 Å². The van der Waals surface area contributed by atoms with Crippen LogP contribution in [0, 0.1) is 0 Å². The van der Waals surface area contributed by atoms with Crippen molar-refractivity contribution in [3.63, 3.8) is 0 Å². The summed E-state index contributed by atoms with van der Waals surface area (Å²) in [7, 11) is 0. The number of guanidine groups is 5. The van der Waals surface area contributed by atoms with E-state index in [2.05, 4.69) is 56.9 Å². The molecule has 5 atom stereocenters. The second-order valence-electron chi connectivity index (χ2n) is 18.0. The zero-order valence-electron chi connectivity index (χ0n) is 44.3. The van der Waals surface area contributed by atoms with Crippen LogP contribution in [0.3, 0.4) is 0 Å². The molecule has 31 nitrogen and oxygen atoms in total. The van der Waals surface area contributed by atoms with Crippen molar-refractivity contribution < 1.29 is 43.1 Å². The molecule has 28 N–H and O–H groups in total. The highest BCUT2D eigenvalue weighted by Gasteiger charge is 2.32. The Balaban J connectivity index is 1.86. The summed E-state index contributed by atoms with van der Waals surface area (Å²) in [6.45, 7) is 0.455. The summed E-state index contributed by atoms with van der Waals surface area (Å²) in [5.41, 5.74) is 61.3. The molecule has 0 spiro atoms. The lowest BCUT2D eigenvalue weighted by Gasteiger charge is -2.27. The minimum atomic E-state index is -1.38. The monoisotopic (exact) mass is 1140 g/mol. The van der Waals surface area contributed by atoms with Crippen molar-refractivity contribution in [3.05, 3.63) is 46.9 Å². The van der Waals surface area contributed by atoms with Crippen LogP contribution in [0.4, 0.5) is 4.79 Å². The normalized spacial score (nSPS) is 14.1. The van der Waals surface area contributed by atoms with Gasteiger partial charge in [0.25, 0.3) is 11.1 Å². The van der Waals surface area contributed by atoms with Gasteiger partial charge in [0.2, 0.25) is 35.4 Å². The van der Waals surface area contributed by atoms with Crippen molar-refractivity contribution in [1.82, 2.24) is 31.9 Å². The number of carbonyl (C=O) groups is 8. The number of nitrogens with one attached hydrogen (secondary N) is 6. The molecule has 1 aliphatic heterocycles. The Morgan fingerprint density at radius 2 is 0.875 bits per heavy atom. The molecule has 80 heavy (non-hydrogen) atoms. The predicted octanol–water partition coefficient (Wildman–Crippen LogP) is -4.50. The molecule has 0 aliphatic carbocycles. The van der Waals surface area contributed by atoms with Crippen LogP contribution in [-0.4, -0.2) is 146 Å². The number of nitrogens with zero attached hydrogens (tertiary/aromatic N) is 5. The maximum absolute atomic E-state index is 14.4. The maximum atomic E-state index is 14.4. The molecule has 0 aromatic heterocycles. The van der Waals surface area contributed by atoms with E-state index in [1.165, 1.54) is 0 Å². The summed E-state index contributed by atoms with van der Waals surface area (Å²) in [5.74, 6) is -5.65. The van der Waals surface area contributed by atoms with Crippen LogP contribution in [0.1, 0.15) is 82.6 Å². The quantitative estimate of drug-likeness (QED) is 0.0132. The molecule has 0 unspecified atom stereocenters. The van der Waals surface area contributed by atoms with Crippen molar-refractivity contribution in [1.29, 1.82) is 0 Å². The molecule has 1 heterocycles. The molecule has 0 radical (unpaired) electrons. The zero-order chi connectivity index (χ0) is 59.1. The fourth-order valence-electron chi connectivity index (χ4n) is 7.76. The highest BCUT2D eigenvalue weighted by Crippen LogP contribution is 2.33. The van der Waals surface area contributed by atoms with Crippen molar-refractivity contribution in [2.24, 2.45) is 88.0 Å². The molecule has 32 heteroatoms. The summed E-state index contributed by atoms with van der Waals surface area (Å²) >= 11 is 0.803. The van der Waals surface area contributed by atoms with Gasteiger partial charge in [-0.15, -0.1) is 0 Å². The number of amides is 8. The molecule has 0 saturated carbocycles. The van der Waals surface area contributed by atoms with Crippen molar-refractivity contribution in [2.75, 3.05) is 39.3 Å². The Morgan fingerprint density at radius 1 is 0.500 bits per heavy atom. The lowest BCUT2D eigenvalue weighted by molar-refractivity contribution is -0.135. The molecular weight excluding hydrogens is 1060 g/mol. The number of ether oxygens (including phenoxy) is 1. The van der Waals surface area contributed by atoms with Gasteiger partial charge in [-0.1, -0.05) is 30.3 Å². The Hall–Kier alpha value is -9.10. The van der Waals surface area contributed by atoms with Crippen molar-refractivity contribution in [3.8, 4) is 5.75 Å². The number of primary amides is 1. The maximum Gasteiger partial charge on any atom is 0.290 e. The van der Waals surface area contributed by atoms with Crippen molar-refractivity contribution in [2.45, 2.75) is 107 Å². The first-order chi connectivity index (χ1) is 38.0. The van der Waals surface area contributed by atoms with E-state index < -0.39 is 76.8 Å². The molecule has 1 saturated heterocycles. The standard InChI is InChI=1S/C48H76N22O9S/c49-37(72)29(11-3-19-60-43(50)51)66-39(74)31(13-5-21-62-45(54)55)68-41(76)33(15-7-23-64-47(58)59)69-40(75)32(14-6-22-63-46(56)57)67-38(73)30(12-4-20-61-44(52)53)65-36(71)16-8-24-79-34-18-17-26(27-9-1-2-10-28(27)34)25-35-42(77)70-48(78)80-35/h1-2,9-10,17-18,25,29-33H,3-8,11-16,19-24H2,(H2,49,72)(H,65,71)(H,66,74)(H,67,73)(H,68,76)(H,69,75)(H4,50,51,60)(H4,52,53,61)(H4,54,55,62)(H4,56,57,63)(H4,58,59,64)(H,70,77,78)/b35-25-/t29-,30-,31-,32-,33-/m0/s1. The topological polar surface area (TPSA) is 566 Å². The van der Waals surface area contributed by atoms with Gasteiger partial charge in [0.05, 0.1) is 11.5 Å². The summed E-state index contributed by atoms with van der Waals surface area (Å²) in [6, 6.07) is 4.30. The minimum absolute atomic E-state index is 0.0192. The number of thioether (sulfide) groups is 1. The smallest absolute Gasteiger partial charge is 0.290 e. The highest BCUT2D eigenvalue weighted by molar-refractivity contribution is 8.18. The number of fused-ring (bicyclic) bond motifs is 1. The van der Waals surface area contributed by atoms with Crippen molar-refractivity contribution >= 4 is 105 Å². The molecule has 438 valence electrons. The summed E-state index contributed by atoms with van der Waals surface area (Å²) < 4.78 is 6.09. The Morgan fingerprint density at radius 3 is 1.25 bits per heavy atom. The van der Waals surface area contributed by atoms with Gasteiger partial charge in [0.15, 0.2) is 29.8 Å². The van der Waals surface area contributed by atoms with Gasteiger partial charge in [-0.3, -0.25) is 68.6 Å². The first-order valence-corrected chi connectivity index (χ1v) is 26.3. The zero-order valence-corrected chi connectivity index (χ0v) is 45.1. The van der Waals surface area contributed by atoms with Gasteiger partial charge >= 0.3 is 0 Å². The highest BCUT2D eigenvalue weighted by atomic mass is 32.2. The molecule has 1 fully saturated rings. The summed E-state index contributed by atoms with van der Waals surface area (Å²) in [5, 5.41) is 16.6. The third-order valence-electron chi connectivity index (χ3n) is 11.6. The third-order valence-corrected chi connectivity index (χ3v) is 12.4. The molecule has 1 aliphatic rings. The number of carbonyl (C=O) groups excluding carboxylic acids is 8. The van der Waals surface area contributed by atoms with Crippen LogP contribution >= 0.6 is 11.8 Å². The average molecular weight is 1140 g/mol. The number of aliphatic imine (C=N–C) groups is 5. The van der Waals surface area contributed by atoms with Gasteiger partial charge in [0, 0.05) is 44.5 Å². The Kier molecular flexibility index (Phi) is 28.2. The van der Waals surface area contributed by atoms with Crippen LogP contribution in [0.5, 0.6) is 5.75 Å². The molecule has 2 aromatic carbocycles. The van der Waals surface area contributed by atoms with Gasteiger partial charge in [-0.05, 0) is 105 Å². The third kappa shape index (κ3) is 24.9. The van der Waals surface area contributed by atoms with E-state index in [4.69, 9.17) is 67.8 Å². The van der Waals surface area contributed by atoms with E-state index in [0.29, 0.717) is 11.3 Å². The van der Waals surface area contributed by atoms with E-state index in [1.807, 2.05) is 24.3 Å². The van der Waals surface area contributed by atoms with Gasteiger partial charge in [0.1, 0.15) is 36.0 Å². The Bertz CT molecular complexity index is 2660. The largest absolute Gasteiger partial charge is 0.493 e. The minimum Gasteiger partial charge on any atom is -0.493 e. The Labute approximate surface area is 465 Å². The van der Waals surface area contributed by atoms with E-state index in [-0.39, 0.29) is 151 Å². The first-order valence-electron chi connectivity index (χ1n) is 25.5. The molecule has 3 rings (SSSR count). The predicted molar refractivity (Wildman–Crippen MR) is 306 cm³/mol. The van der Waals surface area contributed by atoms with Crippen LogP contribution in [0.25, 0.3) is 16.8 Å². The lowest BCUT2D eigenvalue weighted by Crippen LogP contribution is -2.59. The first kappa shape index (κ1) is 65.2. The van der Waals surface area contributed by atoms with Crippen LogP contribution < -0.4 is 99.7 Å². The molecule has 0 bridgehead atoms. The van der Waals surface area contributed by atoms with Crippen LogP contribution in [-0.2, 0) is 33.6 Å². The second kappa shape index (κ2) is 34.6. The fourth-order valence-corrected chi connectivity index (χ4v) is 8.43. The van der Waals surface area contributed by atoms with Gasteiger partial charge in [-0.25, -0.2) is 0 Å². The summed E-state index contributed by atoms with van der Waals surface area (Å²) in [6.07, 6.45) is 2.54. The van der Waals surface area contributed by atoms with E-state index >= 15 is 0 Å². The number of rotatable bonds is 36. The number of hydrogen-bond acceptors (Lipinski definition) is 15. The summed E-state index contributed by atoms with van der Waals surface area (Å²) in [4.78, 5) is 127. The average Bonchev–Trinajstić information content (AvgIpc) is 3.72. The van der Waals surface area contributed by atoms with E-state index in [9.17, 15) is 38.4 Å². The SMILES string of the molecule is NC(=O)[C@H](CCCN=C(N)N)NC(=O)[C@H](CCCN=C(N)N)NC(=O)[C@H](CCCN=C(N)N)NC(=O)[C@H](CCCN=C(N)N)NC(=O)[C@H](CCCN=C(N)N)NC(=O)CCCOc1ccc(/C=C2\SC(=O)NC2=O)c2ccccc12. The van der Waals surface area contributed by atoms with Crippen LogP contribution in [0.15, 0.2) is 66.3 Å². The second-order valence-corrected chi connectivity index (χ2v) is 19.0.